The normalized spacial score (nSPS) is 11.6. The number of aromatic nitrogens is 3. The third kappa shape index (κ3) is 5.56. The number of nitrogens with one attached hydrogen (secondary N) is 2. The fraction of sp³-hybridized carbons (Fsp3) is 0.238. The van der Waals surface area contributed by atoms with Crippen LogP contribution >= 0.6 is 23.4 Å². The summed E-state index contributed by atoms with van der Waals surface area (Å²) in [6, 6.07) is 13.6. The number of ether oxygens (including phenoxy) is 1. The van der Waals surface area contributed by atoms with Crippen LogP contribution in [-0.2, 0) is 11.8 Å². The molecule has 1 aromatic heterocycles. The number of anilines is 1. The van der Waals surface area contributed by atoms with Crippen LogP contribution in [0.15, 0.2) is 53.7 Å². The molecule has 31 heavy (non-hydrogen) atoms. The Bertz CT molecular complexity index is 1090. The van der Waals surface area contributed by atoms with E-state index in [0.717, 1.165) is 0 Å². The molecule has 0 aliphatic carbocycles. The van der Waals surface area contributed by atoms with Crippen LogP contribution in [0.25, 0.3) is 0 Å². The van der Waals surface area contributed by atoms with Crippen molar-refractivity contribution in [2.75, 3.05) is 18.2 Å². The van der Waals surface area contributed by atoms with Crippen molar-refractivity contribution in [3.8, 4) is 5.75 Å². The van der Waals surface area contributed by atoms with Gasteiger partial charge in [0.05, 0.1) is 35.2 Å². The van der Waals surface area contributed by atoms with Crippen molar-refractivity contribution in [1.29, 1.82) is 0 Å². The Morgan fingerprint density at radius 1 is 1.16 bits per heavy atom. The summed E-state index contributed by atoms with van der Waals surface area (Å²) in [5.74, 6) is 0.799. The molecule has 2 N–H and O–H groups in total. The number of hydrogen-bond donors (Lipinski definition) is 2. The molecule has 0 bridgehead atoms. The van der Waals surface area contributed by atoms with Crippen molar-refractivity contribution in [3.05, 3.63) is 64.9 Å². The summed E-state index contributed by atoms with van der Waals surface area (Å²) < 4.78 is 6.99. The van der Waals surface area contributed by atoms with Gasteiger partial charge in [0, 0.05) is 7.05 Å². The number of halogens is 1. The Balaban J connectivity index is 1.60. The monoisotopic (exact) mass is 459 g/mol. The van der Waals surface area contributed by atoms with Crippen molar-refractivity contribution in [2.45, 2.75) is 18.1 Å². The van der Waals surface area contributed by atoms with Crippen LogP contribution in [0.3, 0.4) is 0 Å². The van der Waals surface area contributed by atoms with Crippen LogP contribution in [0.1, 0.15) is 29.1 Å². The third-order valence-corrected chi connectivity index (χ3v) is 5.79. The Hall–Kier alpha value is -3.04. The van der Waals surface area contributed by atoms with Crippen LogP contribution in [0, 0.1) is 0 Å². The topological polar surface area (TPSA) is 98.1 Å². The largest absolute Gasteiger partial charge is 0.495 e. The number of benzene rings is 2. The number of amides is 2. The van der Waals surface area contributed by atoms with Crippen molar-refractivity contribution >= 4 is 40.9 Å². The molecule has 0 spiro atoms. The minimum absolute atomic E-state index is 0.143. The zero-order chi connectivity index (χ0) is 22.4. The number of para-hydroxylation sites is 2. The molecular weight excluding hydrogens is 438 g/mol. The fourth-order valence-corrected chi connectivity index (χ4v) is 3.82. The van der Waals surface area contributed by atoms with E-state index >= 15 is 0 Å². The molecule has 2 amide bonds. The minimum Gasteiger partial charge on any atom is -0.495 e. The summed E-state index contributed by atoms with van der Waals surface area (Å²) in [5, 5.41) is 14.9. The molecular formula is C21H22ClN5O3S. The van der Waals surface area contributed by atoms with Gasteiger partial charge in [0.2, 0.25) is 5.91 Å². The van der Waals surface area contributed by atoms with E-state index in [2.05, 4.69) is 20.8 Å². The van der Waals surface area contributed by atoms with Gasteiger partial charge in [0.1, 0.15) is 5.75 Å². The molecule has 2 aromatic carbocycles. The minimum atomic E-state index is -0.405. The standard InChI is InChI=1S/C21H22ClN5O3S/c1-13(23-20(29)14-8-4-5-9-15(14)22)19-25-26-21(27(19)2)31-12-18(28)24-16-10-6-7-11-17(16)30-3/h4-11,13H,12H2,1-3H3,(H,23,29)(H,24,28)/t13-/m0/s1. The van der Waals surface area contributed by atoms with E-state index < -0.39 is 6.04 Å². The van der Waals surface area contributed by atoms with E-state index in [0.29, 0.717) is 33.0 Å². The molecule has 3 aromatic rings. The van der Waals surface area contributed by atoms with E-state index in [1.165, 1.54) is 11.8 Å². The quantitative estimate of drug-likeness (QED) is 0.498. The van der Waals surface area contributed by atoms with Gasteiger partial charge >= 0.3 is 0 Å². The molecule has 1 atom stereocenters. The van der Waals surface area contributed by atoms with Gasteiger partial charge in [-0.1, -0.05) is 47.6 Å². The van der Waals surface area contributed by atoms with Crippen LogP contribution in [-0.4, -0.2) is 39.4 Å². The van der Waals surface area contributed by atoms with E-state index in [1.807, 2.05) is 19.1 Å². The summed E-state index contributed by atoms with van der Waals surface area (Å²) in [6.07, 6.45) is 0. The number of nitrogens with zero attached hydrogens (tertiary/aromatic N) is 3. The summed E-state index contributed by atoms with van der Waals surface area (Å²) in [4.78, 5) is 24.8. The Morgan fingerprint density at radius 3 is 2.61 bits per heavy atom. The molecule has 0 unspecified atom stereocenters. The molecule has 0 saturated carbocycles. The zero-order valence-corrected chi connectivity index (χ0v) is 18.8. The maximum Gasteiger partial charge on any atom is 0.253 e. The smallest absolute Gasteiger partial charge is 0.253 e. The molecule has 10 heteroatoms. The van der Waals surface area contributed by atoms with Crippen LogP contribution in [0.2, 0.25) is 5.02 Å². The number of thioether (sulfide) groups is 1. The molecule has 0 fully saturated rings. The Kier molecular flexibility index (Phi) is 7.54. The molecule has 1 heterocycles. The van der Waals surface area contributed by atoms with Gasteiger partial charge in [-0.25, -0.2) is 0 Å². The van der Waals surface area contributed by atoms with Gasteiger partial charge in [0.15, 0.2) is 11.0 Å². The summed E-state index contributed by atoms with van der Waals surface area (Å²) in [7, 11) is 3.33. The lowest BCUT2D eigenvalue weighted by molar-refractivity contribution is -0.113. The number of rotatable bonds is 8. The number of carbonyl (C=O) groups is 2. The van der Waals surface area contributed by atoms with Crippen molar-refractivity contribution in [3.63, 3.8) is 0 Å². The average Bonchev–Trinajstić information content (AvgIpc) is 3.13. The van der Waals surface area contributed by atoms with Crippen LogP contribution in [0.5, 0.6) is 5.75 Å². The van der Waals surface area contributed by atoms with Crippen LogP contribution in [0.4, 0.5) is 5.69 Å². The first-order chi connectivity index (χ1) is 14.9. The Morgan fingerprint density at radius 2 is 1.87 bits per heavy atom. The third-order valence-electron chi connectivity index (χ3n) is 4.44. The van der Waals surface area contributed by atoms with E-state index in [4.69, 9.17) is 16.3 Å². The molecule has 0 radical (unpaired) electrons. The van der Waals surface area contributed by atoms with Gasteiger partial charge in [-0.05, 0) is 31.2 Å². The SMILES string of the molecule is COc1ccccc1NC(=O)CSc1nnc([C@H](C)NC(=O)c2ccccc2Cl)n1C. The zero-order valence-electron chi connectivity index (χ0n) is 17.3. The van der Waals surface area contributed by atoms with Gasteiger partial charge in [-0.2, -0.15) is 0 Å². The van der Waals surface area contributed by atoms with E-state index in [1.54, 1.807) is 55.1 Å². The average molecular weight is 460 g/mol. The highest BCUT2D eigenvalue weighted by molar-refractivity contribution is 7.99. The summed E-state index contributed by atoms with van der Waals surface area (Å²) in [6.45, 7) is 1.81. The second kappa shape index (κ2) is 10.3. The predicted octanol–water partition coefficient (Wildman–Crippen LogP) is 3.70. The van der Waals surface area contributed by atoms with Gasteiger partial charge in [0.25, 0.3) is 5.91 Å². The maximum atomic E-state index is 12.5. The highest BCUT2D eigenvalue weighted by Crippen LogP contribution is 2.24. The molecule has 0 saturated heterocycles. The second-order valence-corrected chi connectivity index (χ2v) is 7.96. The van der Waals surface area contributed by atoms with E-state index in [-0.39, 0.29) is 17.6 Å². The molecule has 3 rings (SSSR count). The first kappa shape index (κ1) is 22.6. The lowest BCUT2D eigenvalue weighted by Crippen LogP contribution is -2.28. The maximum absolute atomic E-state index is 12.5. The molecule has 162 valence electrons. The molecule has 0 aliphatic rings. The highest BCUT2D eigenvalue weighted by Gasteiger charge is 2.20. The lowest BCUT2D eigenvalue weighted by atomic mass is 10.2. The van der Waals surface area contributed by atoms with Crippen molar-refractivity contribution in [1.82, 2.24) is 20.1 Å². The number of methoxy groups -OCH3 is 1. The van der Waals surface area contributed by atoms with Gasteiger partial charge in [-0.15, -0.1) is 10.2 Å². The van der Waals surface area contributed by atoms with Crippen molar-refractivity contribution in [2.24, 2.45) is 7.05 Å². The first-order valence-corrected chi connectivity index (χ1v) is 10.8. The highest BCUT2D eigenvalue weighted by atomic mass is 35.5. The molecule has 0 aliphatic heterocycles. The summed E-state index contributed by atoms with van der Waals surface area (Å²) >= 11 is 7.34. The lowest BCUT2D eigenvalue weighted by Gasteiger charge is -2.14. The second-order valence-electron chi connectivity index (χ2n) is 6.61. The van der Waals surface area contributed by atoms with Crippen molar-refractivity contribution < 1.29 is 14.3 Å². The van der Waals surface area contributed by atoms with Gasteiger partial charge in [-0.3, -0.25) is 9.59 Å². The Labute approximate surface area is 189 Å². The first-order valence-electron chi connectivity index (χ1n) is 9.41. The molecule has 8 nitrogen and oxygen atoms in total. The van der Waals surface area contributed by atoms with Gasteiger partial charge < -0.3 is 19.9 Å². The fourth-order valence-electron chi connectivity index (χ4n) is 2.88. The number of hydrogen-bond acceptors (Lipinski definition) is 6. The van der Waals surface area contributed by atoms with E-state index in [9.17, 15) is 9.59 Å². The summed E-state index contributed by atoms with van der Waals surface area (Å²) in [5.41, 5.74) is 0.992. The predicted molar refractivity (Wildman–Crippen MR) is 121 cm³/mol. The number of carbonyl (C=O) groups excluding carboxylic acids is 2. The van der Waals surface area contributed by atoms with Crippen LogP contribution < -0.4 is 15.4 Å².